The van der Waals surface area contributed by atoms with Gasteiger partial charge >= 0.3 is 0 Å². The van der Waals surface area contributed by atoms with Gasteiger partial charge < -0.3 is 4.74 Å². The van der Waals surface area contributed by atoms with E-state index in [4.69, 9.17) is 4.74 Å². The first-order chi connectivity index (χ1) is 14.7. The lowest BCUT2D eigenvalue weighted by atomic mass is 9.76. The van der Waals surface area contributed by atoms with Gasteiger partial charge in [0.2, 0.25) is 0 Å². The summed E-state index contributed by atoms with van der Waals surface area (Å²) in [7, 11) is 0. The first-order valence-corrected chi connectivity index (χ1v) is 12.1. The van der Waals surface area contributed by atoms with Gasteiger partial charge in [-0.2, -0.15) is 0 Å². The summed E-state index contributed by atoms with van der Waals surface area (Å²) in [4.78, 5) is 12.6. The van der Waals surface area contributed by atoms with Gasteiger partial charge in [0.15, 0.2) is 0 Å². The molecule has 3 rings (SSSR count). The van der Waals surface area contributed by atoms with E-state index in [1.807, 2.05) is 0 Å². The quantitative estimate of drug-likeness (QED) is 0.354. The summed E-state index contributed by atoms with van der Waals surface area (Å²) in [6.45, 7) is 5.25. The van der Waals surface area contributed by atoms with Crippen molar-refractivity contribution in [2.45, 2.75) is 84.0 Å². The third-order valence-corrected chi connectivity index (χ3v) is 6.46. The molecule has 0 spiro atoms. The molecule has 162 valence electrons. The molecule has 2 aromatic rings. The zero-order chi connectivity index (χ0) is 21.2. The monoisotopic (exact) mass is 406 g/mol. The maximum atomic E-state index is 12.6. The van der Waals surface area contributed by atoms with Crippen molar-refractivity contribution in [3.05, 3.63) is 54.1 Å². The van der Waals surface area contributed by atoms with E-state index < -0.39 is 0 Å². The molecule has 0 heterocycles. The van der Waals surface area contributed by atoms with E-state index >= 15 is 0 Å². The zero-order valence-corrected chi connectivity index (χ0v) is 18.9. The summed E-state index contributed by atoms with van der Waals surface area (Å²) >= 11 is 0. The number of hydrogen-bond donors (Lipinski definition) is 0. The molecule has 1 saturated carbocycles. The number of carbonyl (C=O) groups is 1. The molecule has 0 radical (unpaired) electrons. The molecule has 1 fully saturated rings. The van der Waals surface area contributed by atoms with Crippen LogP contribution in [0.5, 0.6) is 5.75 Å². The lowest BCUT2D eigenvalue weighted by Gasteiger charge is -2.27. The van der Waals surface area contributed by atoms with Crippen molar-refractivity contribution >= 4 is 5.78 Å². The Morgan fingerprint density at radius 1 is 0.800 bits per heavy atom. The highest BCUT2D eigenvalue weighted by molar-refractivity contribution is 5.86. The number of rotatable bonds is 11. The molecule has 30 heavy (non-hydrogen) atoms. The number of unbranched alkanes of at least 4 members (excludes halogenated alkanes) is 4. The average molecular weight is 407 g/mol. The summed E-state index contributed by atoms with van der Waals surface area (Å²) in [6.07, 6.45) is 11.6. The lowest BCUT2D eigenvalue weighted by molar-refractivity contribution is -0.123. The van der Waals surface area contributed by atoms with E-state index in [1.54, 1.807) is 0 Å². The molecule has 0 aliphatic heterocycles. The van der Waals surface area contributed by atoms with Gasteiger partial charge in [-0.3, -0.25) is 4.79 Å². The van der Waals surface area contributed by atoms with Crippen molar-refractivity contribution < 1.29 is 9.53 Å². The van der Waals surface area contributed by atoms with E-state index in [0.717, 1.165) is 31.6 Å². The molecular weight excluding hydrogens is 368 g/mol. The first kappa shape index (κ1) is 22.6. The second-order valence-corrected chi connectivity index (χ2v) is 8.86. The maximum absolute atomic E-state index is 12.6. The highest BCUT2D eigenvalue weighted by Gasteiger charge is 2.29. The van der Waals surface area contributed by atoms with Crippen LogP contribution in [-0.2, 0) is 4.79 Å². The SMILES string of the molecule is CCCCCCCOc1ccc(-c2ccc(C3CCC(CCC)CC3=O)cc2)cc1. The Balaban J connectivity index is 1.52. The lowest BCUT2D eigenvalue weighted by Crippen LogP contribution is -2.23. The van der Waals surface area contributed by atoms with Crippen molar-refractivity contribution in [2.24, 2.45) is 5.92 Å². The molecule has 2 nitrogen and oxygen atoms in total. The standard InChI is InChI=1S/C28H38O2/c1-3-5-6-7-8-20-30-26-17-15-24(16-18-26)23-11-13-25(14-12-23)27-19-10-22(9-4-2)21-28(27)29/h11-18,22,27H,3-10,19-21H2,1-2H3. The number of Topliss-reactive ketones (excluding diaryl/α,β-unsaturated/α-hetero) is 1. The van der Waals surface area contributed by atoms with Gasteiger partial charge in [0.25, 0.3) is 0 Å². The second kappa shape index (κ2) is 11.9. The number of carbonyl (C=O) groups excluding carboxylic acids is 1. The van der Waals surface area contributed by atoms with Crippen LogP contribution in [-0.4, -0.2) is 12.4 Å². The van der Waals surface area contributed by atoms with Crippen molar-refractivity contribution in [1.29, 1.82) is 0 Å². The van der Waals surface area contributed by atoms with Crippen LogP contribution in [0.3, 0.4) is 0 Å². The predicted octanol–water partition coefficient (Wildman–Crippen LogP) is 7.96. The Morgan fingerprint density at radius 3 is 2.10 bits per heavy atom. The summed E-state index contributed by atoms with van der Waals surface area (Å²) in [5, 5.41) is 0. The number of ether oxygens (including phenoxy) is 1. The third kappa shape index (κ3) is 6.45. The van der Waals surface area contributed by atoms with Gasteiger partial charge in [-0.1, -0.05) is 88.8 Å². The Hall–Kier alpha value is -2.09. The van der Waals surface area contributed by atoms with E-state index in [-0.39, 0.29) is 5.92 Å². The minimum absolute atomic E-state index is 0.0975. The van der Waals surface area contributed by atoms with Gasteiger partial charge in [-0.25, -0.2) is 0 Å². The van der Waals surface area contributed by atoms with E-state index in [2.05, 4.69) is 62.4 Å². The Bertz CT molecular complexity index is 760. The number of hydrogen-bond acceptors (Lipinski definition) is 2. The van der Waals surface area contributed by atoms with Gasteiger partial charge in [0.05, 0.1) is 6.61 Å². The molecule has 0 bridgehead atoms. The van der Waals surface area contributed by atoms with Crippen molar-refractivity contribution in [3.63, 3.8) is 0 Å². The fourth-order valence-electron chi connectivity index (χ4n) is 4.65. The molecule has 0 N–H and O–H groups in total. The minimum atomic E-state index is 0.0975. The molecular formula is C28H38O2. The minimum Gasteiger partial charge on any atom is -0.494 e. The van der Waals surface area contributed by atoms with E-state index in [9.17, 15) is 4.79 Å². The number of ketones is 1. The van der Waals surface area contributed by atoms with Crippen LogP contribution < -0.4 is 4.74 Å². The van der Waals surface area contributed by atoms with Crippen LogP contribution in [0.4, 0.5) is 0 Å². The predicted molar refractivity (Wildman–Crippen MR) is 126 cm³/mol. The smallest absolute Gasteiger partial charge is 0.140 e. The molecule has 0 aromatic heterocycles. The van der Waals surface area contributed by atoms with Crippen LogP contribution in [0.25, 0.3) is 11.1 Å². The summed E-state index contributed by atoms with van der Waals surface area (Å²) in [5.41, 5.74) is 3.56. The van der Waals surface area contributed by atoms with Crippen LogP contribution in [0.1, 0.15) is 89.5 Å². The van der Waals surface area contributed by atoms with Crippen LogP contribution in [0.15, 0.2) is 48.5 Å². The van der Waals surface area contributed by atoms with Gasteiger partial charge in [-0.05, 0) is 54.0 Å². The molecule has 1 aliphatic rings. The Labute approximate surface area is 183 Å². The topological polar surface area (TPSA) is 26.3 Å². The number of benzene rings is 2. The third-order valence-electron chi connectivity index (χ3n) is 6.46. The zero-order valence-electron chi connectivity index (χ0n) is 18.9. The van der Waals surface area contributed by atoms with Crippen LogP contribution in [0.2, 0.25) is 0 Å². The van der Waals surface area contributed by atoms with Gasteiger partial charge in [0, 0.05) is 12.3 Å². The summed E-state index contributed by atoms with van der Waals surface area (Å²) in [5.74, 6) is 2.08. The highest BCUT2D eigenvalue weighted by Crippen LogP contribution is 2.35. The van der Waals surface area contributed by atoms with Crippen molar-refractivity contribution in [3.8, 4) is 16.9 Å². The molecule has 2 heteroatoms. The maximum Gasteiger partial charge on any atom is 0.140 e. The summed E-state index contributed by atoms with van der Waals surface area (Å²) in [6, 6.07) is 17.0. The second-order valence-electron chi connectivity index (χ2n) is 8.86. The normalized spacial score (nSPS) is 19.1. The Morgan fingerprint density at radius 2 is 1.47 bits per heavy atom. The van der Waals surface area contributed by atoms with Crippen molar-refractivity contribution in [1.82, 2.24) is 0 Å². The fourth-order valence-corrected chi connectivity index (χ4v) is 4.65. The molecule has 2 aromatic carbocycles. The molecule has 2 atom stereocenters. The van der Waals surface area contributed by atoms with Gasteiger partial charge in [-0.15, -0.1) is 0 Å². The van der Waals surface area contributed by atoms with Crippen LogP contribution >= 0.6 is 0 Å². The van der Waals surface area contributed by atoms with Crippen molar-refractivity contribution in [2.75, 3.05) is 6.61 Å². The molecule has 1 aliphatic carbocycles. The van der Waals surface area contributed by atoms with E-state index in [0.29, 0.717) is 11.7 Å². The Kier molecular flexibility index (Phi) is 8.99. The molecule has 0 amide bonds. The molecule has 2 unspecified atom stereocenters. The summed E-state index contributed by atoms with van der Waals surface area (Å²) < 4.78 is 5.88. The average Bonchev–Trinajstić information content (AvgIpc) is 2.77. The first-order valence-electron chi connectivity index (χ1n) is 12.1. The molecule has 0 saturated heterocycles. The van der Waals surface area contributed by atoms with Crippen LogP contribution in [0, 0.1) is 5.92 Å². The largest absolute Gasteiger partial charge is 0.494 e. The van der Waals surface area contributed by atoms with Gasteiger partial charge in [0.1, 0.15) is 11.5 Å². The highest BCUT2D eigenvalue weighted by atomic mass is 16.5. The van der Waals surface area contributed by atoms with E-state index in [1.165, 1.54) is 61.6 Å². The fraction of sp³-hybridized carbons (Fsp3) is 0.536.